The van der Waals surface area contributed by atoms with Crippen LogP contribution in [0.1, 0.15) is 11.7 Å². The zero-order valence-corrected chi connectivity index (χ0v) is 25.1. The van der Waals surface area contributed by atoms with E-state index in [0.717, 1.165) is 17.4 Å². The molecule has 0 aromatic carbocycles. The number of rotatable bonds is 11. The van der Waals surface area contributed by atoms with Crippen LogP contribution in [0.3, 0.4) is 0 Å². The molecule has 0 spiro atoms. The van der Waals surface area contributed by atoms with Crippen LogP contribution in [0.2, 0.25) is 0 Å². The Balaban J connectivity index is 1.46. The number of nitrogen functional groups attached to an aromatic ring is 1. The Labute approximate surface area is 251 Å². The number of aliphatic hydroxyl groups excluding tert-OH is 6. The first-order valence-electron chi connectivity index (χ1n) is 12.1. The first kappa shape index (κ1) is 34.6. The third kappa shape index (κ3) is 7.09. The van der Waals surface area contributed by atoms with Crippen molar-refractivity contribution in [2.75, 3.05) is 18.9 Å². The molecule has 2 saturated heterocycles. The number of phosphoric acid groups is 1. The molecule has 0 radical (unpaired) electrons. The van der Waals surface area contributed by atoms with Crippen LogP contribution in [0.25, 0.3) is 10.2 Å². The van der Waals surface area contributed by atoms with Crippen LogP contribution in [0.15, 0.2) is 30.1 Å². The highest BCUT2D eigenvalue weighted by molar-refractivity contribution is 8.08. The predicted molar refractivity (Wildman–Crippen MR) is 148 cm³/mol. The molecule has 12 atom stereocenters. The molecule has 0 saturated carbocycles. The van der Waals surface area contributed by atoms with Gasteiger partial charge in [0.15, 0.2) is 6.29 Å². The summed E-state index contributed by atoms with van der Waals surface area (Å²) in [6, 6.07) is 0. The summed E-state index contributed by atoms with van der Waals surface area (Å²) in [5.41, 5.74) is 6.78. The maximum atomic E-state index is 12.6. The van der Waals surface area contributed by atoms with Crippen LogP contribution in [-0.2, 0) is 39.2 Å². The second-order valence-corrected chi connectivity index (χ2v) is 14.7. The van der Waals surface area contributed by atoms with Crippen molar-refractivity contribution in [1.29, 1.82) is 0 Å². The van der Waals surface area contributed by atoms with Gasteiger partial charge in [0.2, 0.25) is 0 Å². The van der Waals surface area contributed by atoms with Crippen LogP contribution >= 0.6 is 25.9 Å². The second-order valence-electron chi connectivity index (χ2n) is 9.47. The smallest absolute Gasteiger partial charge is 0.394 e. The molecule has 0 amide bonds. The minimum Gasteiger partial charge on any atom is -0.394 e. The van der Waals surface area contributed by atoms with E-state index >= 15 is 0 Å². The molecule has 43 heavy (non-hydrogen) atoms. The van der Waals surface area contributed by atoms with E-state index in [1.807, 2.05) is 0 Å². The molecule has 0 aliphatic carbocycles. The first-order valence-corrected chi connectivity index (χ1v) is 17.1. The number of hydrogen-bond donors (Lipinski definition) is 10. The van der Waals surface area contributed by atoms with Gasteiger partial charge in [-0.05, 0) is 23.3 Å². The van der Waals surface area contributed by atoms with Gasteiger partial charge >= 0.3 is 14.5 Å². The van der Waals surface area contributed by atoms with Gasteiger partial charge in [-0.3, -0.25) is 4.52 Å². The lowest BCUT2D eigenvalue weighted by molar-refractivity contribution is -0.292. The molecule has 11 N–H and O–H groups in total. The van der Waals surface area contributed by atoms with Crippen molar-refractivity contribution >= 4 is 53.7 Å². The molecule has 18 nitrogen and oxygen atoms in total. The third-order valence-electron chi connectivity index (χ3n) is 6.60. The van der Waals surface area contributed by atoms with Crippen LogP contribution < -0.4 is 5.73 Å². The summed E-state index contributed by atoms with van der Waals surface area (Å²) in [6.07, 6.45) is -14.1. The van der Waals surface area contributed by atoms with E-state index in [2.05, 4.69) is 31.1 Å². The fourth-order valence-corrected chi connectivity index (χ4v) is 8.55. The van der Waals surface area contributed by atoms with E-state index in [-0.39, 0.29) is 5.82 Å². The van der Waals surface area contributed by atoms with Gasteiger partial charge in [0, 0.05) is 5.56 Å². The maximum absolute atomic E-state index is 12.6. The Hall–Kier alpha value is -1.32. The van der Waals surface area contributed by atoms with Crippen LogP contribution in [0, 0.1) is 0 Å². The number of aromatic nitrogens is 2. The number of phosphoric ester groups is 1. The highest BCUT2D eigenvalue weighted by Crippen LogP contribution is 2.62. The Morgan fingerprint density at radius 3 is 2.58 bits per heavy atom. The number of hydrogen-bond acceptors (Lipinski definition) is 18. The van der Waals surface area contributed by atoms with E-state index in [4.69, 9.17) is 36.6 Å². The number of nitrogens with two attached hydrogens (primary N) is 1. The number of nitrogens with zero attached hydrogens (tertiary/aromatic N) is 2. The van der Waals surface area contributed by atoms with Crippen LogP contribution in [0.4, 0.5) is 5.82 Å². The van der Waals surface area contributed by atoms with Crippen LogP contribution in [-0.4, -0.2) is 123 Å². The average molecular weight is 690 g/mol. The van der Waals surface area contributed by atoms with Crippen molar-refractivity contribution in [3.05, 3.63) is 35.7 Å². The molecular weight excluding hydrogens is 660 g/mol. The summed E-state index contributed by atoms with van der Waals surface area (Å²) in [4.78, 5) is 28.7. The second kappa shape index (κ2) is 13.2. The molecule has 2 aromatic heterocycles. The standard InChI is InChI=1S/C21H29N3O15P2S2/c1-2-3-21(31)17(30)10(36-18(21)8-6-43-16-11(8)23-7-24-19(16)22)5-35-41(34,42)39-40(32,33)38-20-14(29)12(27)13(28)15(37-20)9(26)4-25/h3,6-7,9-10,12-15,17-18,20,25-31H,1,4-5H2,(H,32,33)(H,34,42)(H2,22,23,24)/t9-,10+,12?,13?,14?,15?,17+,18-,20?,21+,41?/m0/s1. The average Bonchev–Trinajstić information content (AvgIpc) is 3.46. The maximum Gasteiger partial charge on any atom is 0.481 e. The largest absolute Gasteiger partial charge is 0.481 e. The fourth-order valence-electron chi connectivity index (χ4n) is 4.52. The molecule has 2 fully saturated rings. The number of thiophene rings is 1. The van der Waals surface area contributed by atoms with Gasteiger partial charge in [0.25, 0.3) is 0 Å². The van der Waals surface area contributed by atoms with Gasteiger partial charge in [0.1, 0.15) is 66.6 Å². The van der Waals surface area contributed by atoms with Gasteiger partial charge in [-0.25, -0.2) is 18.8 Å². The van der Waals surface area contributed by atoms with Crippen molar-refractivity contribution in [3.8, 4) is 0 Å². The van der Waals surface area contributed by atoms with Crippen molar-refractivity contribution in [2.45, 2.75) is 60.7 Å². The fraction of sp³-hybridized carbons (Fsp3) is 0.571. The zero-order valence-electron chi connectivity index (χ0n) is 21.7. The summed E-state index contributed by atoms with van der Waals surface area (Å²) in [6.45, 7) is -3.05. The Kier molecular flexibility index (Phi) is 10.6. The van der Waals surface area contributed by atoms with E-state index in [9.17, 15) is 45.0 Å². The lowest BCUT2D eigenvalue weighted by atomic mass is 9.87. The quantitative estimate of drug-likeness (QED) is 0.0874. The predicted octanol–water partition coefficient (Wildman–Crippen LogP) is -2.33. The number of ether oxygens (including phenoxy) is 2. The normalized spacial score (nSPS) is 36.5. The van der Waals surface area contributed by atoms with E-state index in [1.165, 1.54) is 6.33 Å². The lowest BCUT2D eigenvalue weighted by Gasteiger charge is -2.41. The summed E-state index contributed by atoms with van der Waals surface area (Å²) in [5.74, 6) is 0.174. The SMILES string of the molecule is C=C=C[C@@]1(O)[C@H](O)[C@@H](COP(O)(=S)OP(=O)(O)OC2OC([C@@H](O)CO)C(O)C(O)C2O)O[C@H]1c1csc2c(N)ncnc12. The van der Waals surface area contributed by atoms with Gasteiger partial charge in [-0.2, -0.15) is 0 Å². The van der Waals surface area contributed by atoms with Crippen molar-refractivity contribution < 1.29 is 72.9 Å². The Morgan fingerprint density at radius 1 is 1.23 bits per heavy atom. The van der Waals surface area contributed by atoms with E-state index in [0.29, 0.717) is 15.8 Å². The topological polar surface area (TPSA) is 297 Å². The first-order chi connectivity index (χ1) is 20.0. The highest BCUT2D eigenvalue weighted by Gasteiger charge is 2.56. The summed E-state index contributed by atoms with van der Waals surface area (Å²) < 4.78 is 38.3. The molecule has 4 rings (SSSR count). The summed E-state index contributed by atoms with van der Waals surface area (Å²) >= 11 is 5.93. The van der Waals surface area contributed by atoms with E-state index < -0.39 is 88.5 Å². The summed E-state index contributed by atoms with van der Waals surface area (Å²) in [5, 5.41) is 72.8. The number of fused-ring (bicyclic) bond motifs is 1. The van der Waals surface area contributed by atoms with Crippen molar-refractivity contribution in [3.63, 3.8) is 0 Å². The minimum absolute atomic E-state index is 0.174. The molecule has 2 aromatic rings. The van der Waals surface area contributed by atoms with Gasteiger partial charge < -0.3 is 65.3 Å². The van der Waals surface area contributed by atoms with Crippen LogP contribution in [0.5, 0.6) is 0 Å². The van der Waals surface area contributed by atoms with Crippen molar-refractivity contribution in [2.24, 2.45) is 0 Å². The third-order valence-corrected chi connectivity index (χ3v) is 11.1. The molecule has 240 valence electrons. The molecule has 2 aliphatic rings. The minimum atomic E-state index is -5.48. The van der Waals surface area contributed by atoms with E-state index in [1.54, 1.807) is 5.38 Å². The highest BCUT2D eigenvalue weighted by atomic mass is 32.5. The Morgan fingerprint density at radius 2 is 1.93 bits per heavy atom. The molecule has 22 heteroatoms. The molecule has 2 aliphatic heterocycles. The monoisotopic (exact) mass is 689 g/mol. The molecule has 0 bridgehead atoms. The number of aliphatic hydroxyl groups is 7. The Bertz CT molecular complexity index is 1460. The molecule has 4 heterocycles. The molecular formula is C21H29N3O15P2S2. The summed E-state index contributed by atoms with van der Waals surface area (Å²) in [7, 11) is -5.48. The van der Waals surface area contributed by atoms with Gasteiger partial charge in [0.05, 0.1) is 23.4 Å². The number of anilines is 1. The lowest BCUT2D eigenvalue weighted by Crippen LogP contribution is -2.61. The van der Waals surface area contributed by atoms with Gasteiger partial charge in [-0.1, -0.05) is 6.58 Å². The zero-order chi connectivity index (χ0) is 31.9. The van der Waals surface area contributed by atoms with Gasteiger partial charge in [-0.15, -0.1) is 17.1 Å². The van der Waals surface area contributed by atoms with Crippen molar-refractivity contribution in [1.82, 2.24) is 9.97 Å². The molecule has 7 unspecified atom stereocenters.